The fourth-order valence-corrected chi connectivity index (χ4v) is 4.28. The zero-order valence-corrected chi connectivity index (χ0v) is 12.7. The number of nitrogens with one attached hydrogen (secondary N) is 4. The minimum atomic E-state index is -0.273. The summed E-state index contributed by atoms with van der Waals surface area (Å²) in [5, 5.41) is 6.78. The Kier molecular flexibility index (Phi) is 4.83. The first-order valence-electron chi connectivity index (χ1n) is 7.55. The highest BCUT2D eigenvalue weighted by molar-refractivity contribution is 8.00. The van der Waals surface area contributed by atoms with Gasteiger partial charge in [0.25, 0.3) is 5.91 Å². The van der Waals surface area contributed by atoms with Crippen molar-refractivity contribution in [2.45, 2.75) is 55.7 Å². The van der Waals surface area contributed by atoms with E-state index >= 15 is 0 Å². The summed E-state index contributed by atoms with van der Waals surface area (Å²) in [6, 6.07) is 0. The first-order chi connectivity index (χ1) is 9.72. The Hall–Kier alpha value is -0.340. The van der Waals surface area contributed by atoms with Crippen molar-refractivity contribution in [1.29, 1.82) is 0 Å². The molecule has 3 saturated heterocycles. The van der Waals surface area contributed by atoms with Gasteiger partial charge < -0.3 is 15.4 Å². The van der Waals surface area contributed by atoms with Crippen molar-refractivity contribution in [3.63, 3.8) is 0 Å². The van der Waals surface area contributed by atoms with Crippen molar-refractivity contribution < 1.29 is 9.53 Å². The zero-order valence-electron chi connectivity index (χ0n) is 11.9. The van der Waals surface area contributed by atoms with Crippen LogP contribution in [0.3, 0.4) is 0 Å². The highest BCUT2D eigenvalue weighted by Gasteiger charge is 2.35. The summed E-state index contributed by atoms with van der Waals surface area (Å²) < 4.78 is 5.60. The molecule has 0 bridgehead atoms. The van der Waals surface area contributed by atoms with Gasteiger partial charge in [0, 0.05) is 0 Å². The minimum absolute atomic E-state index is 0.00658. The van der Waals surface area contributed by atoms with Crippen molar-refractivity contribution in [3.05, 3.63) is 0 Å². The molecule has 4 unspecified atom stereocenters. The number of hydrogen-bond donors (Lipinski definition) is 4. The zero-order chi connectivity index (χ0) is 13.9. The average Bonchev–Trinajstić information content (AvgIpc) is 3.09. The van der Waals surface area contributed by atoms with Gasteiger partial charge in [-0.05, 0) is 51.6 Å². The maximum atomic E-state index is 12.1. The molecule has 6 nitrogen and oxygen atoms in total. The standard InChI is InChI=1S/C13H24N4O2S/c1-8-2-3-10(19-8)11(18)15-13-17-16-12(20-13)9-4-6-14-7-5-9/h8-10,12-14,16-17H,2-7H2,1H3,(H,15,18). The molecule has 3 aliphatic heterocycles. The average molecular weight is 300 g/mol. The number of rotatable bonds is 3. The Labute approximate surface area is 124 Å². The monoisotopic (exact) mass is 300 g/mol. The van der Waals surface area contributed by atoms with E-state index in [4.69, 9.17) is 4.74 Å². The lowest BCUT2D eigenvalue weighted by Crippen LogP contribution is -2.47. The predicted molar refractivity (Wildman–Crippen MR) is 78.7 cm³/mol. The number of piperidine rings is 1. The van der Waals surface area contributed by atoms with Gasteiger partial charge in [-0.3, -0.25) is 4.79 Å². The second kappa shape index (κ2) is 6.62. The molecule has 0 aromatic carbocycles. The number of carbonyl (C=O) groups is 1. The number of hydrazine groups is 1. The number of ether oxygens (including phenoxy) is 1. The van der Waals surface area contributed by atoms with Crippen molar-refractivity contribution >= 4 is 17.7 Å². The van der Waals surface area contributed by atoms with E-state index in [1.807, 2.05) is 6.92 Å². The molecular formula is C13H24N4O2S. The van der Waals surface area contributed by atoms with Crippen LogP contribution in [-0.4, -0.2) is 42.1 Å². The SMILES string of the molecule is CC1CCC(C(=O)NC2NNC(C3CCNCC3)S2)O1. The molecule has 4 atom stereocenters. The molecule has 0 spiro atoms. The molecule has 3 aliphatic rings. The molecule has 3 heterocycles. The molecule has 0 aromatic heterocycles. The van der Waals surface area contributed by atoms with Crippen LogP contribution in [0.2, 0.25) is 0 Å². The summed E-state index contributed by atoms with van der Waals surface area (Å²) in [7, 11) is 0. The maximum absolute atomic E-state index is 12.1. The normalized spacial score (nSPS) is 39.0. The van der Waals surface area contributed by atoms with Gasteiger partial charge in [0.2, 0.25) is 0 Å². The van der Waals surface area contributed by atoms with E-state index in [-0.39, 0.29) is 23.6 Å². The molecule has 4 N–H and O–H groups in total. The smallest absolute Gasteiger partial charge is 0.251 e. The van der Waals surface area contributed by atoms with Crippen LogP contribution in [0.5, 0.6) is 0 Å². The van der Waals surface area contributed by atoms with Crippen molar-refractivity contribution in [1.82, 2.24) is 21.5 Å². The Bertz CT molecular complexity index is 351. The molecule has 3 rings (SSSR count). The molecule has 0 aromatic rings. The molecule has 20 heavy (non-hydrogen) atoms. The summed E-state index contributed by atoms with van der Waals surface area (Å²) in [5.74, 6) is 0.672. The number of hydrogen-bond acceptors (Lipinski definition) is 6. The van der Waals surface area contributed by atoms with Crippen LogP contribution in [0.15, 0.2) is 0 Å². The Morgan fingerprint density at radius 1 is 1.20 bits per heavy atom. The van der Waals surface area contributed by atoms with Gasteiger partial charge >= 0.3 is 0 Å². The van der Waals surface area contributed by atoms with Crippen molar-refractivity contribution in [2.75, 3.05) is 13.1 Å². The topological polar surface area (TPSA) is 74.4 Å². The van der Waals surface area contributed by atoms with Gasteiger partial charge in [-0.25, -0.2) is 10.9 Å². The second-order valence-corrected chi connectivity index (χ2v) is 7.09. The summed E-state index contributed by atoms with van der Waals surface area (Å²) in [5.41, 5.74) is 6.43. The lowest BCUT2D eigenvalue weighted by molar-refractivity contribution is -0.132. The van der Waals surface area contributed by atoms with E-state index in [1.165, 1.54) is 12.8 Å². The highest BCUT2D eigenvalue weighted by Crippen LogP contribution is 2.29. The van der Waals surface area contributed by atoms with Crippen LogP contribution < -0.4 is 21.5 Å². The molecule has 114 valence electrons. The fraction of sp³-hybridized carbons (Fsp3) is 0.923. The van der Waals surface area contributed by atoms with Crippen LogP contribution in [-0.2, 0) is 9.53 Å². The molecule has 0 radical (unpaired) electrons. The Balaban J connectivity index is 1.44. The summed E-state index contributed by atoms with van der Waals surface area (Å²) in [4.78, 5) is 12.1. The van der Waals surface area contributed by atoms with E-state index in [2.05, 4.69) is 21.5 Å². The lowest BCUT2D eigenvalue weighted by atomic mass is 9.98. The van der Waals surface area contributed by atoms with Gasteiger partial charge in [-0.1, -0.05) is 11.8 Å². The molecule has 7 heteroatoms. The molecule has 0 saturated carbocycles. The van der Waals surface area contributed by atoms with Crippen LogP contribution in [0.1, 0.15) is 32.6 Å². The van der Waals surface area contributed by atoms with E-state index in [0.717, 1.165) is 25.9 Å². The number of amides is 1. The van der Waals surface area contributed by atoms with Crippen LogP contribution >= 0.6 is 11.8 Å². The molecule has 1 amide bonds. The largest absolute Gasteiger partial charge is 0.365 e. The third-order valence-electron chi connectivity index (χ3n) is 4.25. The van der Waals surface area contributed by atoms with Gasteiger partial charge in [-0.15, -0.1) is 0 Å². The first-order valence-corrected chi connectivity index (χ1v) is 8.50. The summed E-state index contributed by atoms with van der Waals surface area (Å²) >= 11 is 1.77. The van der Waals surface area contributed by atoms with Crippen LogP contribution in [0, 0.1) is 5.92 Å². The fourth-order valence-electron chi connectivity index (χ4n) is 3.04. The lowest BCUT2D eigenvalue weighted by Gasteiger charge is -2.26. The third-order valence-corrected chi connectivity index (χ3v) is 5.55. The summed E-state index contributed by atoms with van der Waals surface area (Å²) in [6.45, 7) is 4.20. The maximum Gasteiger partial charge on any atom is 0.251 e. The quantitative estimate of drug-likeness (QED) is 0.593. The van der Waals surface area contributed by atoms with Gasteiger partial charge in [0.15, 0.2) is 0 Å². The van der Waals surface area contributed by atoms with Crippen molar-refractivity contribution in [3.8, 4) is 0 Å². The van der Waals surface area contributed by atoms with Crippen molar-refractivity contribution in [2.24, 2.45) is 5.92 Å². The summed E-state index contributed by atoms with van der Waals surface area (Å²) in [6.07, 6.45) is 4.11. The highest BCUT2D eigenvalue weighted by atomic mass is 32.2. The Morgan fingerprint density at radius 3 is 2.70 bits per heavy atom. The van der Waals surface area contributed by atoms with E-state index in [0.29, 0.717) is 11.3 Å². The van der Waals surface area contributed by atoms with E-state index < -0.39 is 0 Å². The van der Waals surface area contributed by atoms with Gasteiger partial charge in [-0.2, -0.15) is 0 Å². The van der Waals surface area contributed by atoms with Gasteiger partial charge in [0.1, 0.15) is 11.6 Å². The van der Waals surface area contributed by atoms with Crippen LogP contribution in [0.4, 0.5) is 0 Å². The number of thioether (sulfide) groups is 1. The molecule has 0 aliphatic carbocycles. The Morgan fingerprint density at radius 2 is 2.00 bits per heavy atom. The van der Waals surface area contributed by atoms with E-state index in [9.17, 15) is 4.79 Å². The predicted octanol–water partition coefficient (Wildman–Crippen LogP) is 0.120. The molecular weight excluding hydrogens is 276 g/mol. The first kappa shape index (κ1) is 14.6. The second-order valence-electron chi connectivity index (χ2n) is 5.83. The minimum Gasteiger partial charge on any atom is -0.365 e. The molecule has 3 fully saturated rings. The van der Waals surface area contributed by atoms with Crippen LogP contribution in [0.25, 0.3) is 0 Å². The van der Waals surface area contributed by atoms with E-state index in [1.54, 1.807) is 11.8 Å². The van der Waals surface area contributed by atoms with Gasteiger partial charge in [0.05, 0.1) is 11.5 Å². The third kappa shape index (κ3) is 3.46. The number of carbonyl (C=O) groups excluding carboxylic acids is 1.